The standard InChI is InChI=1S/C31H26F4O2/c1-3-18-37-27-17-16-26(30(34)31(27)35)22-7-4-20(5-8-22)6-9-24-14-15-25(29(33)28(24)32)23-12-10-21(11-13-23)19(2)36/h3-14,16-17,19,25,36H,1,15,18H2,2H3/b9-6+. The number of hydrogen-bond donors (Lipinski definition) is 1. The van der Waals surface area contributed by atoms with Crippen molar-refractivity contribution in [3.63, 3.8) is 0 Å². The molecule has 1 N–H and O–H groups in total. The molecule has 37 heavy (non-hydrogen) atoms. The molecule has 6 heteroatoms. The summed E-state index contributed by atoms with van der Waals surface area (Å²) >= 11 is 0. The van der Waals surface area contributed by atoms with Crippen LogP contribution < -0.4 is 4.74 Å². The number of benzene rings is 3. The SMILES string of the molecule is C=CCOc1ccc(-c2ccc(/C=C/C3=CCC(c4ccc(C(C)O)cc4)C(F)=C3F)cc2)c(F)c1F. The first-order chi connectivity index (χ1) is 17.8. The van der Waals surface area contributed by atoms with E-state index in [2.05, 4.69) is 6.58 Å². The summed E-state index contributed by atoms with van der Waals surface area (Å²) in [5.41, 5.74) is 2.70. The van der Waals surface area contributed by atoms with Gasteiger partial charge in [-0.15, -0.1) is 0 Å². The Bertz CT molecular complexity index is 1370. The zero-order valence-electron chi connectivity index (χ0n) is 20.2. The average molecular weight is 507 g/mol. The number of ether oxygens (including phenoxy) is 1. The van der Waals surface area contributed by atoms with Crippen LogP contribution in [-0.2, 0) is 0 Å². The van der Waals surface area contributed by atoms with Gasteiger partial charge in [-0.1, -0.05) is 79.4 Å². The first-order valence-corrected chi connectivity index (χ1v) is 11.8. The molecule has 3 aromatic carbocycles. The maximum atomic E-state index is 14.9. The summed E-state index contributed by atoms with van der Waals surface area (Å²) in [6.45, 7) is 5.18. The number of rotatable bonds is 8. The highest BCUT2D eigenvalue weighted by molar-refractivity contribution is 5.68. The number of aliphatic hydroxyl groups is 1. The Morgan fingerprint density at radius 2 is 1.65 bits per heavy atom. The summed E-state index contributed by atoms with van der Waals surface area (Å²) in [5, 5.41) is 9.64. The molecule has 2 unspecified atom stereocenters. The molecule has 1 aliphatic rings. The topological polar surface area (TPSA) is 29.5 Å². The lowest BCUT2D eigenvalue weighted by molar-refractivity contribution is 0.199. The van der Waals surface area contributed by atoms with E-state index in [0.717, 1.165) is 0 Å². The Kier molecular flexibility index (Phi) is 8.09. The number of aliphatic hydroxyl groups excluding tert-OH is 1. The summed E-state index contributed by atoms with van der Waals surface area (Å²) in [6.07, 6.45) is 5.86. The van der Waals surface area contributed by atoms with Crippen LogP contribution in [0.4, 0.5) is 17.6 Å². The van der Waals surface area contributed by atoms with Crippen LogP contribution in [-0.4, -0.2) is 11.7 Å². The van der Waals surface area contributed by atoms with E-state index in [9.17, 15) is 22.7 Å². The fourth-order valence-electron chi connectivity index (χ4n) is 4.13. The summed E-state index contributed by atoms with van der Waals surface area (Å²) in [5.74, 6) is -4.75. The lowest BCUT2D eigenvalue weighted by atomic mass is 9.87. The highest BCUT2D eigenvalue weighted by Crippen LogP contribution is 2.39. The van der Waals surface area contributed by atoms with Gasteiger partial charge in [0.2, 0.25) is 5.82 Å². The van der Waals surface area contributed by atoms with Crippen LogP contribution in [0.25, 0.3) is 17.2 Å². The number of hydrogen-bond acceptors (Lipinski definition) is 2. The second kappa shape index (κ2) is 11.4. The molecule has 0 aromatic heterocycles. The molecule has 0 radical (unpaired) electrons. The molecular formula is C31H26F4O2. The molecule has 1 aliphatic carbocycles. The Hall–Kier alpha value is -3.90. The Morgan fingerprint density at radius 3 is 2.30 bits per heavy atom. The van der Waals surface area contributed by atoms with Crippen molar-refractivity contribution < 1.29 is 27.4 Å². The van der Waals surface area contributed by atoms with Crippen LogP contribution in [0.1, 0.15) is 42.1 Å². The molecule has 0 aliphatic heterocycles. The molecule has 0 heterocycles. The summed E-state index contributed by atoms with van der Waals surface area (Å²) < 4.78 is 63.7. The minimum absolute atomic E-state index is 0.0601. The molecule has 0 amide bonds. The minimum atomic E-state index is -1.07. The molecule has 0 spiro atoms. The third kappa shape index (κ3) is 5.75. The molecule has 190 valence electrons. The van der Waals surface area contributed by atoms with Crippen molar-refractivity contribution in [2.45, 2.75) is 25.4 Å². The monoisotopic (exact) mass is 506 g/mol. The van der Waals surface area contributed by atoms with Crippen molar-refractivity contribution in [1.29, 1.82) is 0 Å². The number of halogens is 4. The first kappa shape index (κ1) is 26.2. The van der Waals surface area contributed by atoms with Gasteiger partial charge in [0.1, 0.15) is 12.4 Å². The van der Waals surface area contributed by atoms with Crippen molar-refractivity contribution in [2.24, 2.45) is 0 Å². The second-order valence-corrected chi connectivity index (χ2v) is 8.75. The summed E-state index contributed by atoms with van der Waals surface area (Å²) in [7, 11) is 0. The van der Waals surface area contributed by atoms with Gasteiger partial charge in [-0.05, 0) is 47.7 Å². The van der Waals surface area contributed by atoms with Gasteiger partial charge in [-0.2, -0.15) is 4.39 Å². The quantitative estimate of drug-likeness (QED) is 0.245. The van der Waals surface area contributed by atoms with Crippen LogP contribution in [0.2, 0.25) is 0 Å². The Morgan fingerprint density at radius 1 is 0.946 bits per heavy atom. The fourth-order valence-corrected chi connectivity index (χ4v) is 4.13. The van der Waals surface area contributed by atoms with Crippen LogP contribution in [0.5, 0.6) is 5.75 Å². The highest BCUT2D eigenvalue weighted by atomic mass is 19.2. The maximum Gasteiger partial charge on any atom is 0.201 e. The predicted molar refractivity (Wildman–Crippen MR) is 138 cm³/mol. The van der Waals surface area contributed by atoms with Gasteiger partial charge in [0.15, 0.2) is 17.4 Å². The number of allylic oxidation sites excluding steroid dienone is 5. The van der Waals surface area contributed by atoms with E-state index in [0.29, 0.717) is 28.7 Å². The van der Waals surface area contributed by atoms with Gasteiger partial charge in [0, 0.05) is 17.1 Å². The molecule has 3 aromatic rings. The lowest BCUT2D eigenvalue weighted by Crippen LogP contribution is -2.06. The molecule has 4 rings (SSSR count). The van der Waals surface area contributed by atoms with Crippen LogP contribution in [0.15, 0.2) is 103 Å². The van der Waals surface area contributed by atoms with E-state index < -0.39 is 35.3 Å². The van der Waals surface area contributed by atoms with Crippen molar-refractivity contribution >= 4 is 6.08 Å². The predicted octanol–water partition coefficient (Wildman–Crippen LogP) is 8.53. The van der Waals surface area contributed by atoms with E-state index in [1.165, 1.54) is 24.3 Å². The van der Waals surface area contributed by atoms with Gasteiger partial charge >= 0.3 is 0 Å². The minimum Gasteiger partial charge on any atom is -0.486 e. The summed E-state index contributed by atoms with van der Waals surface area (Å²) in [4.78, 5) is 0. The van der Waals surface area contributed by atoms with E-state index in [-0.39, 0.29) is 23.5 Å². The van der Waals surface area contributed by atoms with Gasteiger partial charge in [0.05, 0.1) is 6.10 Å². The van der Waals surface area contributed by atoms with Crippen LogP contribution >= 0.6 is 0 Å². The van der Waals surface area contributed by atoms with Gasteiger partial charge < -0.3 is 9.84 Å². The molecule has 0 saturated carbocycles. The van der Waals surface area contributed by atoms with Crippen LogP contribution in [0.3, 0.4) is 0 Å². The largest absolute Gasteiger partial charge is 0.486 e. The first-order valence-electron chi connectivity index (χ1n) is 11.8. The molecule has 2 nitrogen and oxygen atoms in total. The fraction of sp³-hybridized carbons (Fsp3) is 0.161. The van der Waals surface area contributed by atoms with Crippen molar-refractivity contribution in [3.05, 3.63) is 131 Å². The zero-order valence-corrected chi connectivity index (χ0v) is 20.2. The smallest absolute Gasteiger partial charge is 0.201 e. The normalized spacial score (nSPS) is 16.6. The lowest BCUT2D eigenvalue weighted by Gasteiger charge is -2.20. The van der Waals surface area contributed by atoms with Crippen molar-refractivity contribution in [3.8, 4) is 16.9 Å². The van der Waals surface area contributed by atoms with Gasteiger partial charge in [-0.25, -0.2) is 13.2 Å². The molecule has 0 bridgehead atoms. The highest BCUT2D eigenvalue weighted by Gasteiger charge is 2.26. The average Bonchev–Trinajstić information content (AvgIpc) is 2.91. The van der Waals surface area contributed by atoms with Gasteiger partial charge in [0.25, 0.3) is 0 Å². The van der Waals surface area contributed by atoms with E-state index in [4.69, 9.17) is 4.74 Å². The molecule has 0 fully saturated rings. The molecular weight excluding hydrogens is 480 g/mol. The molecule has 2 atom stereocenters. The van der Waals surface area contributed by atoms with Crippen molar-refractivity contribution in [1.82, 2.24) is 0 Å². The second-order valence-electron chi connectivity index (χ2n) is 8.75. The van der Waals surface area contributed by atoms with E-state index in [1.54, 1.807) is 67.6 Å². The van der Waals surface area contributed by atoms with Crippen molar-refractivity contribution in [2.75, 3.05) is 6.61 Å². The third-order valence-corrected chi connectivity index (χ3v) is 6.24. The Balaban J connectivity index is 1.47. The molecule has 0 saturated heterocycles. The maximum absolute atomic E-state index is 14.9. The van der Waals surface area contributed by atoms with E-state index in [1.807, 2.05) is 0 Å². The van der Waals surface area contributed by atoms with Gasteiger partial charge in [-0.3, -0.25) is 0 Å². The Labute approximate surface area is 213 Å². The zero-order chi connectivity index (χ0) is 26.5. The summed E-state index contributed by atoms with van der Waals surface area (Å²) in [6, 6.07) is 16.2. The van der Waals surface area contributed by atoms with Crippen LogP contribution in [0, 0.1) is 11.6 Å². The van der Waals surface area contributed by atoms with E-state index >= 15 is 0 Å². The third-order valence-electron chi connectivity index (χ3n) is 6.24.